The second-order valence-electron chi connectivity index (χ2n) is 4.11. The Labute approximate surface area is 123 Å². The summed E-state index contributed by atoms with van der Waals surface area (Å²) in [6.07, 6.45) is -4.21. The molecule has 118 valence electrons. The van der Waals surface area contributed by atoms with Crippen molar-refractivity contribution in [3.8, 4) is 0 Å². The molecule has 0 saturated heterocycles. The highest BCUT2D eigenvalue weighted by atomic mass is 32.2. The Kier molecular flexibility index (Phi) is 6.97. The van der Waals surface area contributed by atoms with E-state index in [9.17, 15) is 22.4 Å². The lowest BCUT2D eigenvalue weighted by atomic mass is 10.1. The Morgan fingerprint density at radius 2 is 2.00 bits per heavy atom. The van der Waals surface area contributed by atoms with Gasteiger partial charge in [0.25, 0.3) is 5.91 Å². The summed E-state index contributed by atoms with van der Waals surface area (Å²) in [6.45, 7) is 0.291. The molecule has 0 atom stereocenters. The lowest BCUT2D eigenvalue weighted by Gasteiger charge is -2.11. The summed E-state index contributed by atoms with van der Waals surface area (Å²) in [4.78, 5) is 11.7. The van der Waals surface area contributed by atoms with Gasteiger partial charge in [-0.3, -0.25) is 4.79 Å². The summed E-state index contributed by atoms with van der Waals surface area (Å²) in [5.41, 5.74) is -2.07. The molecule has 0 saturated carbocycles. The topological polar surface area (TPSA) is 49.3 Å². The number of nitrogens with one attached hydrogen (secondary N) is 1. The number of benzene rings is 1. The van der Waals surface area contributed by atoms with E-state index in [0.717, 1.165) is 12.1 Å². The van der Waals surface area contributed by atoms with Gasteiger partial charge in [-0.1, -0.05) is 6.07 Å². The third-order valence-electron chi connectivity index (χ3n) is 2.53. The zero-order valence-corrected chi connectivity index (χ0v) is 11.9. The lowest BCUT2D eigenvalue weighted by molar-refractivity contribution is -0.140. The van der Waals surface area contributed by atoms with E-state index < -0.39 is 29.0 Å². The van der Waals surface area contributed by atoms with Gasteiger partial charge in [0.05, 0.1) is 11.1 Å². The highest BCUT2D eigenvalue weighted by Gasteiger charge is 2.35. The van der Waals surface area contributed by atoms with E-state index in [1.165, 1.54) is 11.8 Å². The van der Waals surface area contributed by atoms with Crippen LogP contribution in [0.3, 0.4) is 0 Å². The van der Waals surface area contributed by atoms with E-state index in [1.54, 1.807) is 0 Å². The first-order valence-electron chi connectivity index (χ1n) is 6.20. The lowest BCUT2D eigenvalue weighted by Crippen LogP contribution is -2.27. The van der Waals surface area contributed by atoms with E-state index in [0.29, 0.717) is 24.0 Å². The summed E-state index contributed by atoms with van der Waals surface area (Å²) in [6, 6.07) is 2.60. The molecule has 0 spiro atoms. The Morgan fingerprint density at radius 3 is 2.62 bits per heavy atom. The van der Waals surface area contributed by atoms with Gasteiger partial charge in [0.1, 0.15) is 5.82 Å². The Bertz CT molecular complexity index is 480. The molecule has 1 amide bonds. The van der Waals surface area contributed by atoms with E-state index >= 15 is 0 Å². The molecule has 0 radical (unpaired) electrons. The molecule has 1 aromatic carbocycles. The molecule has 0 aromatic heterocycles. The predicted octanol–water partition coefficient (Wildman–Crippen LogP) is 2.69. The molecule has 0 bridgehead atoms. The fourth-order valence-electron chi connectivity index (χ4n) is 1.53. The average molecular weight is 325 g/mol. The van der Waals surface area contributed by atoms with Crippen molar-refractivity contribution in [3.63, 3.8) is 0 Å². The molecule has 1 rings (SSSR count). The molecule has 0 heterocycles. The maximum absolute atomic E-state index is 13.7. The van der Waals surface area contributed by atoms with Crippen molar-refractivity contribution >= 4 is 17.7 Å². The molecule has 0 fully saturated rings. The molecule has 0 aliphatic rings. The van der Waals surface area contributed by atoms with Crippen molar-refractivity contribution in [2.24, 2.45) is 0 Å². The van der Waals surface area contributed by atoms with Crippen LogP contribution in [0.2, 0.25) is 0 Å². The fourth-order valence-corrected chi connectivity index (χ4v) is 2.31. The highest BCUT2D eigenvalue weighted by Crippen LogP contribution is 2.32. The Balaban J connectivity index is 2.59. The van der Waals surface area contributed by atoms with Crippen molar-refractivity contribution in [1.82, 2.24) is 5.32 Å². The van der Waals surface area contributed by atoms with Crippen LogP contribution in [0.15, 0.2) is 18.2 Å². The van der Waals surface area contributed by atoms with Crippen molar-refractivity contribution in [2.75, 3.05) is 24.7 Å². The van der Waals surface area contributed by atoms with Gasteiger partial charge in [-0.15, -0.1) is 0 Å². The second-order valence-corrected chi connectivity index (χ2v) is 5.34. The largest absolute Gasteiger partial charge is 0.419 e. The molecule has 8 heteroatoms. The number of rotatable bonds is 7. The number of hydrogen-bond donors (Lipinski definition) is 2. The van der Waals surface area contributed by atoms with Crippen LogP contribution in [0.4, 0.5) is 17.6 Å². The Hall–Kier alpha value is -1.28. The summed E-state index contributed by atoms with van der Waals surface area (Å²) >= 11 is 1.48. The Morgan fingerprint density at radius 1 is 1.29 bits per heavy atom. The van der Waals surface area contributed by atoms with Crippen LogP contribution < -0.4 is 5.32 Å². The van der Waals surface area contributed by atoms with Crippen molar-refractivity contribution in [3.05, 3.63) is 35.1 Å². The number of thioether (sulfide) groups is 1. The third kappa shape index (κ3) is 5.55. The van der Waals surface area contributed by atoms with Gasteiger partial charge < -0.3 is 10.4 Å². The minimum Gasteiger partial charge on any atom is -0.396 e. The number of halogens is 4. The predicted molar refractivity (Wildman–Crippen MR) is 72.8 cm³/mol. The molecular weight excluding hydrogens is 310 g/mol. The molecule has 0 aliphatic heterocycles. The summed E-state index contributed by atoms with van der Waals surface area (Å²) < 4.78 is 51.2. The van der Waals surface area contributed by atoms with Crippen LogP contribution in [0, 0.1) is 5.82 Å². The van der Waals surface area contributed by atoms with Crippen molar-refractivity contribution < 1.29 is 27.5 Å². The number of aliphatic hydroxyl groups is 1. The number of alkyl halides is 3. The van der Waals surface area contributed by atoms with Crippen molar-refractivity contribution in [2.45, 2.75) is 12.6 Å². The maximum atomic E-state index is 13.7. The monoisotopic (exact) mass is 325 g/mol. The van der Waals surface area contributed by atoms with E-state index in [-0.39, 0.29) is 13.2 Å². The van der Waals surface area contributed by atoms with Gasteiger partial charge in [0.2, 0.25) is 0 Å². The maximum Gasteiger partial charge on any atom is 0.419 e. The van der Waals surface area contributed by atoms with Crippen LogP contribution in [0.5, 0.6) is 0 Å². The number of carbonyl (C=O) groups excluding carboxylic acids is 1. The van der Waals surface area contributed by atoms with Crippen LogP contribution in [-0.4, -0.2) is 35.7 Å². The normalized spacial score (nSPS) is 11.5. The van der Waals surface area contributed by atoms with Gasteiger partial charge in [0, 0.05) is 18.9 Å². The van der Waals surface area contributed by atoms with Crippen LogP contribution >= 0.6 is 11.8 Å². The van der Waals surface area contributed by atoms with Crippen LogP contribution in [0.25, 0.3) is 0 Å². The first-order valence-corrected chi connectivity index (χ1v) is 7.36. The molecule has 21 heavy (non-hydrogen) atoms. The van der Waals surface area contributed by atoms with E-state index in [2.05, 4.69) is 5.32 Å². The quantitative estimate of drug-likeness (QED) is 0.599. The van der Waals surface area contributed by atoms with Gasteiger partial charge in [0.15, 0.2) is 0 Å². The number of amides is 1. The molecule has 2 N–H and O–H groups in total. The zero-order valence-electron chi connectivity index (χ0n) is 11.0. The summed E-state index contributed by atoms with van der Waals surface area (Å²) in [7, 11) is 0. The number of aliphatic hydroxyl groups excluding tert-OH is 1. The standard InChI is InChI=1S/C13H15F4NO2S/c14-11-9(3-1-4-10(11)13(15,16)17)12(20)18-5-8-21-7-2-6-19/h1,3-4,19H,2,5-8H2,(H,18,20). The van der Waals surface area contributed by atoms with E-state index in [4.69, 9.17) is 5.11 Å². The first kappa shape index (κ1) is 17.8. The van der Waals surface area contributed by atoms with Gasteiger partial charge in [-0.05, 0) is 24.3 Å². The van der Waals surface area contributed by atoms with Gasteiger partial charge >= 0.3 is 6.18 Å². The van der Waals surface area contributed by atoms with Gasteiger partial charge in [-0.2, -0.15) is 24.9 Å². The minimum atomic E-state index is -4.83. The first-order chi connectivity index (χ1) is 9.88. The number of carbonyl (C=O) groups is 1. The van der Waals surface area contributed by atoms with Gasteiger partial charge in [-0.25, -0.2) is 4.39 Å². The molecule has 1 aromatic rings. The second kappa shape index (κ2) is 8.23. The van der Waals surface area contributed by atoms with Crippen LogP contribution in [0.1, 0.15) is 22.3 Å². The minimum absolute atomic E-state index is 0.0782. The highest BCUT2D eigenvalue weighted by molar-refractivity contribution is 7.99. The smallest absolute Gasteiger partial charge is 0.396 e. The SMILES string of the molecule is O=C(NCCSCCCO)c1cccc(C(F)(F)F)c1F. The molecule has 3 nitrogen and oxygen atoms in total. The van der Waals surface area contributed by atoms with Crippen molar-refractivity contribution in [1.29, 1.82) is 0 Å². The van der Waals surface area contributed by atoms with E-state index in [1.807, 2.05) is 0 Å². The number of hydrogen-bond acceptors (Lipinski definition) is 3. The molecule has 0 aliphatic carbocycles. The molecule has 0 unspecified atom stereocenters. The van der Waals surface area contributed by atoms with Crippen LogP contribution in [-0.2, 0) is 6.18 Å². The average Bonchev–Trinajstić information content (AvgIpc) is 2.41. The summed E-state index contributed by atoms with van der Waals surface area (Å²) in [5.74, 6) is -1.19. The third-order valence-corrected chi connectivity index (χ3v) is 3.60. The molecular formula is C13H15F4NO2S. The zero-order chi connectivity index (χ0) is 15.9. The fraction of sp³-hybridized carbons (Fsp3) is 0.462. The summed E-state index contributed by atoms with van der Waals surface area (Å²) in [5, 5.41) is 10.9.